The van der Waals surface area contributed by atoms with Crippen molar-refractivity contribution in [2.45, 2.75) is 4.33 Å². The van der Waals surface area contributed by atoms with Crippen molar-refractivity contribution in [1.29, 1.82) is 0 Å². The number of ketones is 1. The molecule has 0 bridgehead atoms. The Morgan fingerprint density at radius 3 is 2.53 bits per heavy atom. The van der Waals surface area contributed by atoms with E-state index in [1.807, 2.05) is 0 Å². The zero-order chi connectivity index (χ0) is 12.8. The number of benzene rings is 1. The Kier molecular flexibility index (Phi) is 2.97. The van der Waals surface area contributed by atoms with Crippen LogP contribution in [0.3, 0.4) is 0 Å². The summed E-state index contributed by atoms with van der Waals surface area (Å²) >= 11 is 17.2. The van der Waals surface area contributed by atoms with Crippen LogP contribution in [0.15, 0.2) is 12.1 Å². The summed E-state index contributed by atoms with van der Waals surface area (Å²) in [4.78, 5) is 23.4. The topological polar surface area (TPSA) is 55.4 Å². The molecule has 1 aromatic rings. The van der Waals surface area contributed by atoms with Crippen molar-refractivity contribution in [2.75, 3.05) is 12.4 Å². The number of fused-ring (bicyclic) bond motifs is 1. The molecule has 90 valence electrons. The second-order valence-electron chi connectivity index (χ2n) is 3.39. The fourth-order valence-electron chi connectivity index (χ4n) is 1.47. The van der Waals surface area contributed by atoms with Gasteiger partial charge in [-0.05, 0) is 6.07 Å². The predicted octanol–water partition coefficient (Wildman–Crippen LogP) is 2.66. The van der Waals surface area contributed by atoms with E-state index in [1.54, 1.807) is 0 Å². The lowest BCUT2D eigenvalue weighted by Gasteiger charge is -2.25. The van der Waals surface area contributed by atoms with Crippen molar-refractivity contribution >= 4 is 52.2 Å². The standard InChI is InChI=1S/C10H6Cl3NO3/c1-17-7-3-6-4(2-5(7)11)8(15)10(12,13)9(16)14-6/h2-3H,1H3,(H,14,16). The number of carbonyl (C=O) groups excluding carboxylic acids is 2. The Bertz CT molecular complexity index is 528. The van der Waals surface area contributed by atoms with E-state index in [4.69, 9.17) is 39.5 Å². The van der Waals surface area contributed by atoms with E-state index >= 15 is 0 Å². The van der Waals surface area contributed by atoms with Crippen LogP contribution in [0.5, 0.6) is 5.75 Å². The van der Waals surface area contributed by atoms with Crippen LogP contribution in [0.1, 0.15) is 10.4 Å². The van der Waals surface area contributed by atoms with Crippen LogP contribution >= 0.6 is 34.8 Å². The Labute approximate surface area is 112 Å². The molecule has 4 nitrogen and oxygen atoms in total. The number of nitrogens with one attached hydrogen (secondary N) is 1. The molecular weight excluding hydrogens is 288 g/mol. The van der Waals surface area contributed by atoms with Gasteiger partial charge >= 0.3 is 0 Å². The van der Waals surface area contributed by atoms with Crippen LogP contribution in [0, 0.1) is 0 Å². The maximum Gasteiger partial charge on any atom is 0.269 e. The van der Waals surface area contributed by atoms with E-state index in [1.165, 1.54) is 19.2 Å². The molecule has 0 fully saturated rings. The first-order chi connectivity index (χ1) is 7.87. The fraction of sp³-hybridized carbons (Fsp3) is 0.200. The number of halogens is 3. The molecule has 0 saturated carbocycles. The molecule has 0 unspecified atom stereocenters. The largest absolute Gasteiger partial charge is 0.495 e. The zero-order valence-corrected chi connectivity index (χ0v) is 10.8. The van der Waals surface area contributed by atoms with Gasteiger partial charge in [-0.3, -0.25) is 9.59 Å². The first-order valence-electron chi connectivity index (χ1n) is 4.49. The number of carbonyl (C=O) groups is 2. The van der Waals surface area contributed by atoms with E-state index in [-0.39, 0.29) is 16.3 Å². The van der Waals surface area contributed by atoms with Crippen LogP contribution in [0.25, 0.3) is 0 Å². The molecule has 1 aliphatic heterocycles. The fourth-order valence-corrected chi connectivity index (χ4v) is 2.01. The lowest BCUT2D eigenvalue weighted by Crippen LogP contribution is -2.44. The minimum absolute atomic E-state index is 0.153. The van der Waals surface area contributed by atoms with E-state index in [9.17, 15) is 9.59 Å². The zero-order valence-electron chi connectivity index (χ0n) is 8.51. The average molecular weight is 295 g/mol. The molecule has 0 radical (unpaired) electrons. The molecule has 1 aromatic carbocycles. The maximum atomic E-state index is 11.9. The third-order valence-corrected chi connectivity index (χ3v) is 3.34. The molecule has 1 heterocycles. The predicted molar refractivity (Wildman–Crippen MR) is 65.4 cm³/mol. The summed E-state index contributed by atoms with van der Waals surface area (Å²) in [6.07, 6.45) is 0. The van der Waals surface area contributed by atoms with Gasteiger partial charge in [0, 0.05) is 11.6 Å². The third kappa shape index (κ3) is 1.86. The van der Waals surface area contributed by atoms with Crippen molar-refractivity contribution in [3.8, 4) is 5.75 Å². The van der Waals surface area contributed by atoms with Crippen LogP contribution in [0.2, 0.25) is 5.02 Å². The van der Waals surface area contributed by atoms with Gasteiger partial charge in [0.05, 0.1) is 17.8 Å². The van der Waals surface area contributed by atoms with E-state index in [2.05, 4.69) is 5.32 Å². The molecule has 1 amide bonds. The molecule has 17 heavy (non-hydrogen) atoms. The number of rotatable bonds is 1. The average Bonchev–Trinajstić information content (AvgIpc) is 2.28. The summed E-state index contributed by atoms with van der Waals surface area (Å²) in [5.74, 6) is -1.15. The van der Waals surface area contributed by atoms with E-state index in [0.29, 0.717) is 5.75 Å². The minimum atomic E-state index is -2.12. The number of Topliss-reactive ketones (excluding diaryl/α,β-unsaturated/α-hetero) is 1. The second kappa shape index (κ2) is 4.05. The molecule has 7 heteroatoms. The number of ether oxygens (including phenoxy) is 1. The molecule has 0 atom stereocenters. The van der Waals surface area contributed by atoms with E-state index < -0.39 is 16.0 Å². The van der Waals surface area contributed by atoms with Crippen molar-refractivity contribution in [2.24, 2.45) is 0 Å². The summed E-state index contributed by atoms with van der Waals surface area (Å²) in [6, 6.07) is 2.80. The number of methoxy groups -OCH3 is 1. The molecule has 0 aromatic heterocycles. The molecular formula is C10H6Cl3NO3. The molecule has 2 rings (SSSR count). The van der Waals surface area contributed by atoms with Gasteiger partial charge in [0.1, 0.15) is 5.75 Å². The lowest BCUT2D eigenvalue weighted by molar-refractivity contribution is -0.116. The van der Waals surface area contributed by atoms with Crippen LogP contribution in [-0.4, -0.2) is 23.1 Å². The highest BCUT2D eigenvalue weighted by atomic mass is 35.5. The van der Waals surface area contributed by atoms with Crippen molar-refractivity contribution in [3.05, 3.63) is 22.7 Å². The first-order valence-corrected chi connectivity index (χ1v) is 5.63. The third-order valence-electron chi connectivity index (χ3n) is 2.36. The first kappa shape index (κ1) is 12.5. The monoisotopic (exact) mass is 293 g/mol. The molecule has 0 aliphatic carbocycles. The number of anilines is 1. The lowest BCUT2D eigenvalue weighted by atomic mass is 10.0. The van der Waals surface area contributed by atoms with E-state index in [0.717, 1.165) is 0 Å². The quantitative estimate of drug-likeness (QED) is 0.640. The molecule has 0 spiro atoms. The van der Waals surface area contributed by atoms with Gasteiger partial charge in [-0.1, -0.05) is 34.8 Å². The Balaban J connectivity index is 2.62. The normalized spacial score (nSPS) is 17.4. The highest BCUT2D eigenvalue weighted by Gasteiger charge is 2.47. The Morgan fingerprint density at radius 2 is 1.94 bits per heavy atom. The van der Waals surface area contributed by atoms with Gasteiger partial charge in [0.15, 0.2) is 0 Å². The van der Waals surface area contributed by atoms with Gasteiger partial charge < -0.3 is 10.1 Å². The van der Waals surface area contributed by atoms with Crippen LogP contribution in [0.4, 0.5) is 5.69 Å². The number of hydrogen-bond acceptors (Lipinski definition) is 3. The highest BCUT2D eigenvalue weighted by molar-refractivity contribution is 6.71. The number of amides is 1. The summed E-state index contributed by atoms with van der Waals surface area (Å²) in [6.45, 7) is 0. The van der Waals surface area contributed by atoms with Gasteiger partial charge in [-0.15, -0.1) is 0 Å². The summed E-state index contributed by atoms with van der Waals surface area (Å²) in [5.41, 5.74) is 0.429. The second-order valence-corrected chi connectivity index (χ2v) is 5.12. The Hall–Kier alpha value is -0.970. The number of hydrogen-bond donors (Lipinski definition) is 1. The maximum absolute atomic E-state index is 11.9. The van der Waals surface area contributed by atoms with Crippen molar-refractivity contribution < 1.29 is 14.3 Å². The summed E-state index contributed by atoms with van der Waals surface area (Å²) in [5, 5.41) is 2.66. The van der Waals surface area contributed by atoms with Crippen molar-refractivity contribution in [1.82, 2.24) is 0 Å². The molecule has 1 N–H and O–H groups in total. The van der Waals surface area contributed by atoms with Gasteiger partial charge in [-0.25, -0.2) is 0 Å². The smallest absolute Gasteiger partial charge is 0.269 e. The van der Waals surface area contributed by atoms with Crippen LogP contribution < -0.4 is 10.1 Å². The Morgan fingerprint density at radius 1 is 1.29 bits per heavy atom. The van der Waals surface area contributed by atoms with Gasteiger partial charge in [0.2, 0.25) is 5.78 Å². The highest BCUT2D eigenvalue weighted by Crippen LogP contribution is 2.39. The van der Waals surface area contributed by atoms with Gasteiger partial charge in [0.25, 0.3) is 10.2 Å². The molecule has 0 saturated heterocycles. The minimum Gasteiger partial charge on any atom is -0.495 e. The summed E-state index contributed by atoms with van der Waals surface area (Å²) < 4.78 is 2.85. The van der Waals surface area contributed by atoms with Crippen molar-refractivity contribution in [3.63, 3.8) is 0 Å². The van der Waals surface area contributed by atoms with Crippen LogP contribution in [-0.2, 0) is 4.79 Å². The SMILES string of the molecule is COc1cc2c(cc1Cl)C(=O)C(Cl)(Cl)C(=O)N2. The van der Waals surface area contributed by atoms with Gasteiger partial charge in [-0.2, -0.15) is 0 Å². The number of alkyl halides is 2. The summed E-state index contributed by atoms with van der Waals surface area (Å²) in [7, 11) is 1.42. The molecule has 1 aliphatic rings.